The van der Waals surface area contributed by atoms with Crippen molar-refractivity contribution in [3.63, 3.8) is 0 Å². The Bertz CT molecular complexity index is 1220. The number of anilines is 2. The van der Waals surface area contributed by atoms with Crippen LogP contribution in [0.3, 0.4) is 0 Å². The summed E-state index contributed by atoms with van der Waals surface area (Å²) < 4.78 is 16.8. The number of hydrogen-bond donors (Lipinski definition) is 2. The molecule has 2 heterocycles. The van der Waals surface area contributed by atoms with Gasteiger partial charge in [0.1, 0.15) is 11.5 Å². The van der Waals surface area contributed by atoms with Crippen molar-refractivity contribution < 1.29 is 19.0 Å². The van der Waals surface area contributed by atoms with Gasteiger partial charge in [-0.1, -0.05) is 0 Å². The summed E-state index contributed by atoms with van der Waals surface area (Å²) in [6.45, 7) is 1.96. The van der Waals surface area contributed by atoms with Gasteiger partial charge in [-0.05, 0) is 54.8 Å². The van der Waals surface area contributed by atoms with Crippen molar-refractivity contribution in [3.05, 3.63) is 65.0 Å². The van der Waals surface area contributed by atoms with Gasteiger partial charge in [-0.15, -0.1) is 11.3 Å². The molecule has 0 unspecified atom stereocenters. The molecule has 158 valence electrons. The first kappa shape index (κ1) is 20.5. The second kappa shape index (κ2) is 8.93. The molecule has 4 aromatic rings. The Labute approximate surface area is 183 Å². The van der Waals surface area contributed by atoms with Gasteiger partial charge in [-0.2, -0.15) is 0 Å². The fourth-order valence-corrected chi connectivity index (χ4v) is 3.72. The van der Waals surface area contributed by atoms with Crippen LogP contribution < -0.4 is 24.8 Å². The van der Waals surface area contributed by atoms with Crippen LogP contribution in [0.5, 0.6) is 23.0 Å². The van der Waals surface area contributed by atoms with E-state index in [-0.39, 0.29) is 6.03 Å². The number of methoxy groups -OCH3 is 2. The maximum Gasteiger partial charge on any atom is 0.323 e. The van der Waals surface area contributed by atoms with E-state index in [4.69, 9.17) is 14.2 Å². The number of carbonyl (C=O) groups excluding carboxylic acids is 1. The Morgan fingerprint density at radius 2 is 1.68 bits per heavy atom. The van der Waals surface area contributed by atoms with Crippen LogP contribution in [0.25, 0.3) is 10.9 Å². The fourth-order valence-electron chi connectivity index (χ4n) is 3.07. The zero-order chi connectivity index (χ0) is 21.8. The molecule has 2 amide bonds. The molecular weight excluding hydrogens is 414 g/mol. The molecule has 2 aromatic heterocycles. The topological polar surface area (TPSA) is 81.7 Å². The summed E-state index contributed by atoms with van der Waals surface area (Å²) in [5.74, 6) is 2.46. The van der Waals surface area contributed by atoms with Crippen LogP contribution in [0, 0.1) is 6.92 Å². The van der Waals surface area contributed by atoms with Crippen molar-refractivity contribution in [2.24, 2.45) is 0 Å². The van der Waals surface area contributed by atoms with E-state index in [0.29, 0.717) is 28.7 Å². The normalized spacial score (nSPS) is 10.5. The van der Waals surface area contributed by atoms with Crippen molar-refractivity contribution in [1.29, 1.82) is 0 Å². The molecule has 31 heavy (non-hydrogen) atoms. The summed E-state index contributed by atoms with van der Waals surface area (Å²) in [6.07, 6.45) is 1.68. The summed E-state index contributed by atoms with van der Waals surface area (Å²) in [4.78, 5) is 17.6. The van der Waals surface area contributed by atoms with Crippen LogP contribution in [0.15, 0.2) is 60.1 Å². The quantitative estimate of drug-likeness (QED) is 0.385. The molecule has 0 aliphatic carbocycles. The zero-order valence-corrected chi connectivity index (χ0v) is 18.1. The highest BCUT2D eigenvalue weighted by Crippen LogP contribution is 2.37. The predicted octanol–water partition coefficient (Wildman–Crippen LogP) is 6.06. The summed E-state index contributed by atoms with van der Waals surface area (Å²) >= 11 is 1.58. The Balaban J connectivity index is 1.49. The fraction of sp³-hybridized carbons (Fsp3) is 0.130. The van der Waals surface area contributed by atoms with Crippen molar-refractivity contribution in [2.75, 3.05) is 24.9 Å². The number of amides is 2. The number of aromatic nitrogens is 1. The van der Waals surface area contributed by atoms with Gasteiger partial charge in [0.2, 0.25) is 0 Å². The third kappa shape index (κ3) is 4.54. The predicted molar refractivity (Wildman–Crippen MR) is 123 cm³/mol. The summed E-state index contributed by atoms with van der Waals surface area (Å²) in [5.41, 5.74) is 2.19. The standard InChI is InChI=1S/C23H21N3O4S/c1-14-18(9-11-31-14)26-23(27)25-15-4-6-16(7-5-15)30-20-8-10-24-19-13-22(29-3)21(28-2)12-17(19)20/h4-13H,1-3H3,(H2,25,26,27). The van der Waals surface area contributed by atoms with Gasteiger partial charge >= 0.3 is 6.03 Å². The number of rotatable bonds is 6. The largest absolute Gasteiger partial charge is 0.493 e. The minimum Gasteiger partial charge on any atom is -0.493 e. The van der Waals surface area contributed by atoms with E-state index < -0.39 is 0 Å². The minimum atomic E-state index is -0.295. The van der Waals surface area contributed by atoms with Crippen molar-refractivity contribution in [3.8, 4) is 23.0 Å². The van der Waals surface area contributed by atoms with Crippen molar-refractivity contribution in [2.45, 2.75) is 6.92 Å². The summed E-state index contributed by atoms with van der Waals surface area (Å²) in [7, 11) is 3.17. The van der Waals surface area contributed by atoms with E-state index >= 15 is 0 Å². The molecule has 0 radical (unpaired) electrons. The maximum atomic E-state index is 12.2. The molecule has 2 aromatic carbocycles. The number of benzene rings is 2. The average Bonchev–Trinajstić information content (AvgIpc) is 3.18. The first-order valence-electron chi connectivity index (χ1n) is 9.48. The Kier molecular flexibility index (Phi) is 5.90. The molecule has 0 aliphatic rings. The van der Waals surface area contributed by atoms with E-state index in [0.717, 1.165) is 21.5 Å². The van der Waals surface area contributed by atoms with E-state index in [9.17, 15) is 4.79 Å². The van der Waals surface area contributed by atoms with Gasteiger partial charge in [0.05, 0.1) is 25.4 Å². The molecule has 7 nitrogen and oxygen atoms in total. The zero-order valence-electron chi connectivity index (χ0n) is 17.3. The van der Waals surface area contributed by atoms with Crippen molar-refractivity contribution in [1.82, 2.24) is 4.98 Å². The highest BCUT2D eigenvalue weighted by atomic mass is 32.1. The van der Waals surface area contributed by atoms with Crippen LogP contribution in [-0.2, 0) is 0 Å². The lowest BCUT2D eigenvalue weighted by molar-refractivity contribution is 0.262. The van der Waals surface area contributed by atoms with E-state index in [1.807, 2.05) is 30.5 Å². The molecule has 0 fully saturated rings. The average molecular weight is 436 g/mol. The lowest BCUT2D eigenvalue weighted by Gasteiger charge is -2.13. The van der Waals surface area contributed by atoms with Crippen LogP contribution in [-0.4, -0.2) is 25.2 Å². The number of aryl methyl sites for hydroxylation is 1. The molecule has 0 bridgehead atoms. The van der Waals surface area contributed by atoms with Gasteiger partial charge in [-0.3, -0.25) is 4.98 Å². The van der Waals surface area contributed by atoms with Crippen LogP contribution >= 0.6 is 11.3 Å². The maximum absolute atomic E-state index is 12.2. The first-order valence-corrected chi connectivity index (χ1v) is 10.4. The molecule has 4 rings (SSSR count). The van der Waals surface area contributed by atoms with Gasteiger partial charge in [0.25, 0.3) is 0 Å². The molecule has 0 spiro atoms. The second-order valence-corrected chi connectivity index (χ2v) is 7.75. The SMILES string of the molecule is COc1cc2nccc(Oc3ccc(NC(=O)Nc4ccsc4C)cc3)c2cc1OC. The van der Waals surface area contributed by atoms with Crippen LogP contribution in [0.4, 0.5) is 16.2 Å². The molecule has 2 N–H and O–H groups in total. The first-order chi connectivity index (χ1) is 15.1. The monoisotopic (exact) mass is 435 g/mol. The third-order valence-electron chi connectivity index (χ3n) is 4.65. The van der Waals surface area contributed by atoms with Gasteiger partial charge in [-0.25, -0.2) is 4.79 Å². The summed E-state index contributed by atoms with van der Waals surface area (Å²) in [6, 6.07) is 14.2. The number of nitrogens with one attached hydrogen (secondary N) is 2. The van der Waals surface area contributed by atoms with Gasteiger partial charge < -0.3 is 24.8 Å². The number of nitrogens with zero attached hydrogens (tertiary/aromatic N) is 1. The Hall–Kier alpha value is -3.78. The number of hydrogen-bond acceptors (Lipinski definition) is 6. The van der Waals surface area contributed by atoms with E-state index in [1.165, 1.54) is 0 Å². The number of pyridine rings is 1. The summed E-state index contributed by atoms with van der Waals surface area (Å²) in [5, 5.41) is 8.38. The van der Waals surface area contributed by atoms with E-state index in [2.05, 4.69) is 15.6 Å². The highest BCUT2D eigenvalue weighted by molar-refractivity contribution is 7.10. The number of ether oxygens (including phenoxy) is 3. The van der Waals surface area contributed by atoms with E-state index in [1.54, 1.807) is 62.1 Å². The van der Waals surface area contributed by atoms with Crippen LogP contribution in [0.2, 0.25) is 0 Å². The number of fused-ring (bicyclic) bond motifs is 1. The molecule has 0 aliphatic heterocycles. The Morgan fingerprint density at radius 1 is 0.935 bits per heavy atom. The molecule has 0 saturated carbocycles. The lowest BCUT2D eigenvalue weighted by Crippen LogP contribution is -2.19. The number of urea groups is 1. The smallest absolute Gasteiger partial charge is 0.323 e. The number of carbonyl (C=O) groups is 1. The Morgan fingerprint density at radius 3 is 2.35 bits per heavy atom. The van der Waals surface area contributed by atoms with Gasteiger partial charge in [0, 0.05) is 28.2 Å². The number of thiophene rings is 1. The van der Waals surface area contributed by atoms with Gasteiger partial charge in [0.15, 0.2) is 11.5 Å². The highest BCUT2D eigenvalue weighted by Gasteiger charge is 2.12. The molecule has 0 saturated heterocycles. The molecule has 0 atom stereocenters. The third-order valence-corrected chi connectivity index (χ3v) is 5.50. The van der Waals surface area contributed by atoms with Crippen molar-refractivity contribution >= 4 is 39.6 Å². The lowest BCUT2D eigenvalue weighted by atomic mass is 10.2. The second-order valence-electron chi connectivity index (χ2n) is 6.63. The minimum absolute atomic E-state index is 0.295. The molecular formula is C23H21N3O4S. The molecule has 8 heteroatoms. The van der Waals surface area contributed by atoms with Crippen LogP contribution in [0.1, 0.15) is 4.88 Å².